The molecule has 1 amide bonds. The highest BCUT2D eigenvalue weighted by atomic mass is 31.2. The maximum Gasteiger partial charge on any atom is 0.470 e. The third-order valence-electron chi connectivity index (χ3n) is 11.1. The zero-order chi connectivity index (χ0) is 43.7. The van der Waals surface area contributed by atoms with Crippen LogP contribution in [0.1, 0.15) is 213 Å². The van der Waals surface area contributed by atoms with Gasteiger partial charge in [-0.05, 0) is 25.7 Å². The molecule has 1 aliphatic rings. The van der Waals surface area contributed by atoms with Crippen molar-refractivity contribution in [3.63, 3.8) is 0 Å². The minimum Gasteiger partial charge on any atom is -0.462 e. The standard InChI is InChI=1S/C44H84NO13P/c1-4-7-10-13-16-18-19-21-23-26-29-32-38(48)55-35(30-27-24-22-20-17-14-11-8-5-2)33-39(49)57-42-40(44(51)56-37(34-46)41(42)58-59(52,53)54)45-43(50)36(47)31-28-25-15-12-9-6-3/h35-37,40-42,44,46-47,51H,4-34H2,1-3H3,(H,45,50)(H2,52,53,54)/t35?,36?,37-,40-,41-,42-,44?/m1/s1. The Kier molecular flexibility index (Phi) is 32.7. The van der Waals surface area contributed by atoms with Crippen molar-refractivity contribution in [1.29, 1.82) is 0 Å². The molecule has 14 nitrogen and oxygen atoms in total. The van der Waals surface area contributed by atoms with E-state index in [1.54, 1.807) is 0 Å². The molecule has 0 radical (unpaired) electrons. The van der Waals surface area contributed by atoms with E-state index < -0.39 is 81.5 Å². The van der Waals surface area contributed by atoms with Crippen LogP contribution in [0.25, 0.3) is 0 Å². The van der Waals surface area contributed by atoms with Crippen molar-refractivity contribution < 1.29 is 62.8 Å². The van der Waals surface area contributed by atoms with Crippen molar-refractivity contribution in [1.82, 2.24) is 5.32 Å². The first-order valence-corrected chi connectivity index (χ1v) is 24.9. The maximum absolute atomic E-state index is 13.6. The van der Waals surface area contributed by atoms with E-state index in [0.29, 0.717) is 25.7 Å². The first-order valence-electron chi connectivity index (χ1n) is 23.4. The van der Waals surface area contributed by atoms with E-state index in [4.69, 9.17) is 18.7 Å². The molecule has 15 heteroatoms. The van der Waals surface area contributed by atoms with Crippen LogP contribution in [0, 0.1) is 0 Å². The largest absolute Gasteiger partial charge is 0.470 e. The summed E-state index contributed by atoms with van der Waals surface area (Å²) in [6.07, 6.45) is 18.7. The fraction of sp³-hybridized carbons (Fsp3) is 0.932. The third-order valence-corrected chi connectivity index (χ3v) is 11.6. The summed E-state index contributed by atoms with van der Waals surface area (Å²) >= 11 is 0. The van der Waals surface area contributed by atoms with Crippen LogP contribution in [-0.2, 0) is 37.7 Å². The zero-order valence-electron chi connectivity index (χ0n) is 36.9. The van der Waals surface area contributed by atoms with E-state index in [0.717, 1.165) is 77.0 Å². The van der Waals surface area contributed by atoms with E-state index in [1.165, 1.54) is 70.6 Å². The average Bonchev–Trinajstić information content (AvgIpc) is 3.19. The number of aliphatic hydroxyl groups excluding tert-OH is 3. The molecular weight excluding hydrogens is 781 g/mol. The van der Waals surface area contributed by atoms with Crippen LogP contribution in [0.4, 0.5) is 0 Å². The Morgan fingerprint density at radius 1 is 0.644 bits per heavy atom. The van der Waals surface area contributed by atoms with Crippen molar-refractivity contribution in [3.8, 4) is 0 Å². The third kappa shape index (κ3) is 27.8. The molecule has 59 heavy (non-hydrogen) atoms. The summed E-state index contributed by atoms with van der Waals surface area (Å²) in [5, 5.41) is 33.9. The predicted molar refractivity (Wildman–Crippen MR) is 228 cm³/mol. The smallest absolute Gasteiger partial charge is 0.462 e. The minimum atomic E-state index is -5.29. The molecule has 0 aromatic carbocycles. The number of phosphoric acid groups is 1. The summed E-state index contributed by atoms with van der Waals surface area (Å²) in [7, 11) is -5.29. The molecule has 348 valence electrons. The number of hydrogen-bond donors (Lipinski definition) is 6. The second-order valence-electron chi connectivity index (χ2n) is 16.6. The molecule has 1 heterocycles. The first kappa shape index (κ1) is 55.4. The number of phosphoric ester groups is 1. The van der Waals surface area contributed by atoms with Gasteiger partial charge in [-0.25, -0.2) is 4.57 Å². The second kappa shape index (κ2) is 34.9. The monoisotopic (exact) mass is 866 g/mol. The molecule has 1 fully saturated rings. The van der Waals surface area contributed by atoms with E-state index >= 15 is 0 Å². The maximum atomic E-state index is 13.6. The Morgan fingerprint density at radius 3 is 1.54 bits per heavy atom. The molecular formula is C44H84NO13P. The predicted octanol–water partition coefficient (Wildman–Crippen LogP) is 8.61. The SMILES string of the molecule is CCCCCCCCCCCCCC(=O)OC(CCCCCCCCCCC)CC(=O)O[C@H]1[C@H](OP(=O)(O)O)[C@@H](CO)OC(O)[C@@H]1NC(=O)C(O)CCCCCCCC. The van der Waals surface area contributed by atoms with Gasteiger partial charge < -0.3 is 44.6 Å². The number of nitrogens with one attached hydrogen (secondary N) is 1. The first-order chi connectivity index (χ1) is 28.4. The Morgan fingerprint density at radius 2 is 1.08 bits per heavy atom. The molecule has 1 aliphatic heterocycles. The second-order valence-corrected chi connectivity index (χ2v) is 17.8. The van der Waals surface area contributed by atoms with Gasteiger partial charge in [-0.3, -0.25) is 18.9 Å². The molecule has 7 atom stereocenters. The highest BCUT2D eigenvalue weighted by Crippen LogP contribution is 2.42. The van der Waals surface area contributed by atoms with Crippen LogP contribution < -0.4 is 5.32 Å². The summed E-state index contributed by atoms with van der Waals surface area (Å²) < 4.78 is 33.9. The van der Waals surface area contributed by atoms with E-state index in [1.807, 2.05) is 0 Å². The number of carbonyl (C=O) groups excluding carboxylic acids is 3. The summed E-state index contributed by atoms with van der Waals surface area (Å²) in [5.41, 5.74) is 0. The number of amides is 1. The van der Waals surface area contributed by atoms with Gasteiger partial charge in [0.2, 0.25) is 5.91 Å². The van der Waals surface area contributed by atoms with Crippen molar-refractivity contribution in [2.24, 2.45) is 0 Å². The van der Waals surface area contributed by atoms with Gasteiger partial charge in [0, 0.05) is 6.42 Å². The molecule has 0 aromatic rings. The molecule has 6 N–H and O–H groups in total. The lowest BCUT2D eigenvalue weighted by Crippen LogP contribution is -2.66. The van der Waals surface area contributed by atoms with Crippen LogP contribution in [0.2, 0.25) is 0 Å². The topological polar surface area (TPSA) is 218 Å². The molecule has 0 spiro atoms. The fourth-order valence-electron chi connectivity index (χ4n) is 7.61. The van der Waals surface area contributed by atoms with Crippen LogP contribution >= 0.6 is 7.82 Å². The number of ether oxygens (including phenoxy) is 3. The average molecular weight is 866 g/mol. The summed E-state index contributed by atoms with van der Waals surface area (Å²) in [5.74, 6) is -2.27. The van der Waals surface area contributed by atoms with Crippen LogP contribution in [0.15, 0.2) is 0 Å². The van der Waals surface area contributed by atoms with Crippen molar-refractivity contribution in [2.75, 3.05) is 6.61 Å². The Bertz CT molecular complexity index is 1120. The highest BCUT2D eigenvalue weighted by Gasteiger charge is 2.51. The highest BCUT2D eigenvalue weighted by molar-refractivity contribution is 7.46. The van der Waals surface area contributed by atoms with Gasteiger partial charge in [-0.15, -0.1) is 0 Å². The van der Waals surface area contributed by atoms with E-state index in [9.17, 15) is 44.1 Å². The van der Waals surface area contributed by atoms with Gasteiger partial charge in [-0.1, -0.05) is 175 Å². The van der Waals surface area contributed by atoms with Gasteiger partial charge in [0.15, 0.2) is 12.4 Å². The lowest BCUT2D eigenvalue weighted by Gasteiger charge is -2.44. The van der Waals surface area contributed by atoms with Crippen molar-refractivity contribution in [3.05, 3.63) is 0 Å². The van der Waals surface area contributed by atoms with E-state index in [-0.39, 0.29) is 12.8 Å². The molecule has 1 rings (SSSR count). The quantitative estimate of drug-likeness (QED) is 0.0195. The molecule has 1 saturated heterocycles. The molecule has 0 bridgehead atoms. The number of unbranched alkanes of at least 4 members (excludes halogenated alkanes) is 23. The molecule has 0 saturated carbocycles. The lowest BCUT2D eigenvalue weighted by molar-refractivity contribution is -0.256. The zero-order valence-corrected chi connectivity index (χ0v) is 37.8. The lowest BCUT2D eigenvalue weighted by atomic mass is 9.96. The van der Waals surface area contributed by atoms with Crippen molar-refractivity contribution >= 4 is 25.7 Å². The van der Waals surface area contributed by atoms with Crippen LogP contribution in [-0.4, -0.2) is 92.4 Å². The van der Waals surface area contributed by atoms with E-state index in [2.05, 4.69) is 26.1 Å². The summed E-state index contributed by atoms with van der Waals surface area (Å²) in [4.78, 5) is 59.2. The number of hydrogen-bond acceptors (Lipinski definition) is 11. The van der Waals surface area contributed by atoms with Gasteiger partial charge in [0.05, 0.1) is 13.0 Å². The normalized spacial score (nSPS) is 20.6. The number of carbonyl (C=O) groups is 3. The van der Waals surface area contributed by atoms with Crippen molar-refractivity contribution in [2.45, 2.75) is 256 Å². The molecule has 0 aromatic heterocycles. The van der Waals surface area contributed by atoms with Gasteiger partial charge >= 0.3 is 19.8 Å². The van der Waals surface area contributed by atoms with Gasteiger partial charge in [0.25, 0.3) is 0 Å². The Balaban J connectivity index is 2.98. The van der Waals surface area contributed by atoms with Gasteiger partial charge in [-0.2, -0.15) is 0 Å². The minimum absolute atomic E-state index is 0.124. The molecule has 0 aliphatic carbocycles. The van der Waals surface area contributed by atoms with Crippen LogP contribution in [0.5, 0.6) is 0 Å². The Hall–Kier alpha value is -1.64. The van der Waals surface area contributed by atoms with Gasteiger partial charge in [0.1, 0.15) is 30.5 Å². The summed E-state index contributed by atoms with van der Waals surface area (Å²) in [6, 6.07) is -1.63. The fourth-order valence-corrected chi connectivity index (χ4v) is 8.18. The number of aliphatic hydroxyl groups is 3. The Labute approximate surface area is 355 Å². The molecule has 3 unspecified atom stereocenters. The number of esters is 2. The summed E-state index contributed by atoms with van der Waals surface area (Å²) in [6.45, 7) is 5.62. The van der Waals surface area contributed by atoms with Crippen LogP contribution in [0.3, 0.4) is 0 Å². The number of rotatable bonds is 38.